The number of methoxy groups -OCH3 is 2. The standard InChI is InChI=1S/C9H13NO4/c1-4-5-10-7(9(12)14-3)6-8(11)13-2/h1,7,10H,5-6H2,2-3H3/t7-/m0/s1. The van der Waals surface area contributed by atoms with E-state index in [1.54, 1.807) is 0 Å². The van der Waals surface area contributed by atoms with E-state index in [1.807, 2.05) is 0 Å². The van der Waals surface area contributed by atoms with Gasteiger partial charge in [-0.15, -0.1) is 6.42 Å². The zero-order valence-electron chi connectivity index (χ0n) is 8.20. The number of ether oxygens (including phenoxy) is 2. The summed E-state index contributed by atoms with van der Waals surface area (Å²) in [7, 11) is 2.49. The first-order valence-electron chi connectivity index (χ1n) is 3.97. The molecule has 0 bridgehead atoms. The molecule has 14 heavy (non-hydrogen) atoms. The SMILES string of the molecule is C#CCN[C@@H](CC(=O)OC)C(=O)OC. The van der Waals surface area contributed by atoms with Crippen LogP contribution in [0, 0.1) is 12.3 Å². The summed E-state index contributed by atoms with van der Waals surface area (Å²) in [4.78, 5) is 22.0. The average Bonchev–Trinajstić information content (AvgIpc) is 2.22. The molecule has 0 aliphatic rings. The van der Waals surface area contributed by atoms with Gasteiger partial charge >= 0.3 is 11.9 Å². The average molecular weight is 199 g/mol. The van der Waals surface area contributed by atoms with Gasteiger partial charge in [-0.3, -0.25) is 14.9 Å². The summed E-state index contributed by atoms with van der Waals surface area (Å²) < 4.78 is 8.89. The Bertz CT molecular complexity index is 244. The molecule has 0 fully saturated rings. The highest BCUT2D eigenvalue weighted by molar-refractivity contribution is 5.82. The molecule has 0 amide bonds. The van der Waals surface area contributed by atoms with E-state index in [1.165, 1.54) is 14.2 Å². The molecule has 0 unspecified atom stereocenters. The summed E-state index contributed by atoms with van der Waals surface area (Å²) in [6.45, 7) is 0.191. The minimum absolute atomic E-state index is 0.0924. The molecule has 0 rings (SSSR count). The van der Waals surface area contributed by atoms with Gasteiger partial charge in [0.2, 0.25) is 0 Å². The van der Waals surface area contributed by atoms with E-state index in [4.69, 9.17) is 6.42 Å². The first-order chi connectivity index (χ1) is 6.65. The lowest BCUT2D eigenvalue weighted by Crippen LogP contribution is -2.39. The summed E-state index contributed by atoms with van der Waals surface area (Å²) in [6.07, 6.45) is 4.91. The number of nitrogens with one attached hydrogen (secondary N) is 1. The predicted octanol–water partition coefficient (Wildman–Crippen LogP) is -0.686. The number of hydrogen-bond acceptors (Lipinski definition) is 5. The molecule has 1 atom stereocenters. The smallest absolute Gasteiger partial charge is 0.323 e. The van der Waals surface area contributed by atoms with Crippen molar-refractivity contribution in [2.24, 2.45) is 0 Å². The Morgan fingerprint density at radius 2 is 2.07 bits per heavy atom. The van der Waals surface area contributed by atoms with Crippen LogP contribution in [0.3, 0.4) is 0 Å². The predicted molar refractivity (Wildman–Crippen MR) is 49.3 cm³/mol. The highest BCUT2D eigenvalue weighted by Crippen LogP contribution is 1.96. The molecule has 0 radical (unpaired) electrons. The van der Waals surface area contributed by atoms with E-state index in [0.29, 0.717) is 0 Å². The Balaban J connectivity index is 4.18. The fourth-order valence-electron chi connectivity index (χ4n) is 0.813. The molecule has 0 spiro atoms. The highest BCUT2D eigenvalue weighted by atomic mass is 16.5. The topological polar surface area (TPSA) is 64.6 Å². The van der Waals surface area contributed by atoms with Crippen LogP contribution in [0.1, 0.15) is 6.42 Å². The van der Waals surface area contributed by atoms with Crippen molar-refractivity contribution >= 4 is 11.9 Å². The minimum Gasteiger partial charge on any atom is -0.469 e. The van der Waals surface area contributed by atoms with Crippen molar-refractivity contribution < 1.29 is 19.1 Å². The summed E-state index contributed by atoms with van der Waals surface area (Å²) in [6, 6.07) is -0.747. The van der Waals surface area contributed by atoms with E-state index < -0.39 is 18.0 Å². The number of esters is 2. The van der Waals surface area contributed by atoms with E-state index in [-0.39, 0.29) is 13.0 Å². The van der Waals surface area contributed by atoms with Crippen molar-refractivity contribution in [1.82, 2.24) is 5.32 Å². The van der Waals surface area contributed by atoms with Crippen LogP contribution in [-0.2, 0) is 19.1 Å². The summed E-state index contributed by atoms with van der Waals surface area (Å²) >= 11 is 0. The molecular weight excluding hydrogens is 186 g/mol. The van der Waals surface area contributed by atoms with Crippen LogP contribution in [0.2, 0.25) is 0 Å². The van der Waals surface area contributed by atoms with Crippen molar-refractivity contribution in [2.45, 2.75) is 12.5 Å². The maximum atomic E-state index is 11.1. The van der Waals surface area contributed by atoms with Crippen molar-refractivity contribution in [3.63, 3.8) is 0 Å². The number of hydrogen-bond donors (Lipinski definition) is 1. The molecule has 0 aromatic heterocycles. The molecule has 0 saturated carbocycles. The van der Waals surface area contributed by atoms with Crippen molar-refractivity contribution in [3.8, 4) is 12.3 Å². The quantitative estimate of drug-likeness (QED) is 0.469. The van der Waals surface area contributed by atoms with Crippen LogP contribution >= 0.6 is 0 Å². The summed E-state index contributed by atoms with van der Waals surface area (Å²) in [5.41, 5.74) is 0. The van der Waals surface area contributed by atoms with Crippen molar-refractivity contribution in [2.75, 3.05) is 20.8 Å². The Hall–Kier alpha value is -1.54. The monoisotopic (exact) mass is 199 g/mol. The lowest BCUT2D eigenvalue weighted by molar-refractivity contribution is -0.149. The van der Waals surface area contributed by atoms with Crippen molar-refractivity contribution in [3.05, 3.63) is 0 Å². The fourth-order valence-corrected chi connectivity index (χ4v) is 0.813. The zero-order chi connectivity index (χ0) is 11.0. The van der Waals surface area contributed by atoms with E-state index in [9.17, 15) is 9.59 Å². The fraction of sp³-hybridized carbons (Fsp3) is 0.556. The highest BCUT2D eigenvalue weighted by Gasteiger charge is 2.21. The molecule has 0 aliphatic carbocycles. The third-order valence-corrected chi connectivity index (χ3v) is 1.53. The second-order valence-corrected chi connectivity index (χ2v) is 2.44. The summed E-state index contributed by atoms with van der Waals surface area (Å²) in [5.74, 6) is 1.27. The maximum absolute atomic E-state index is 11.1. The Kier molecular flexibility index (Phi) is 6.16. The van der Waals surface area contributed by atoms with Crippen LogP contribution in [0.25, 0.3) is 0 Å². The molecular formula is C9H13NO4. The molecule has 1 N–H and O–H groups in total. The Morgan fingerprint density at radius 3 is 2.50 bits per heavy atom. The third kappa shape index (κ3) is 4.48. The molecule has 0 saturated heterocycles. The lowest BCUT2D eigenvalue weighted by atomic mass is 10.2. The molecule has 0 aliphatic heterocycles. The van der Waals surface area contributed by atoms with Gasteiger partial charge in [-0.1, -0.05) is 5.92 Å². The van der Waals surface area contributed by atoms with Gasteiger partial charge in [-0.2, -0.15) is 0 Å². The first kappa shape index (κ1) is 12.5. The number of terminal acetylenes is 1. The van der Waals surface area contributed by atoms with Gasteiger partial charge in [0.1, 0.15) is 6.04 Å². The van der Waals surface area contributed by atoms with Crippen LogP contribution in [0.4, 0.5) is 0 Å². The largest absolute Gasteiger partial charge is 0.469 e. The van der Waals surface area contributed by atoms with Gasteiger partial charge in [-0.05, 0) is 0 Å². The van der Waals surface area contributed by atoms with Crippen molar-refractivity contribution in [1.29, 1.82) is 0 Å². The number of rotatable bonds is 5. The van der Waals surface area contributed by atoms with Gasteiger partial charge in [0.05, 0.1) is 27.2 Å². The van der Waals surface area contributed by atoms with E-state index in [2.05, 4.69) is 20.7 Å². The van der Waals surface area contributed by atoms with E-state index >= 15 is 0 Å². The molecule has 78 valence electrons. The number of carbonyl (C=O) groups excluding carboxylic acids is 2. The Morgan fingerprint density at radius 1 is 1.43 bits per heavy atom. The summed E-state index contributed by atoms with van der Waals surface area (Å²) in [5, 5.41) is 2.67. The maximum Gasteiger partial charge on any atom is 0.323 e. The van der Waals surface area contributed by atoms with Gasteiger partial charge in [0.15, 0.2) is 0 Å². The molecule has 0 aromatic rings. The van der Waals surface area contributed by atoms with Gasteiger partial charge in [0, 0.05) is 0 Å². The second kappa shape index (κ2) is 6.92. The first-order valence-corrected chi connectivity index (χ1v) is 3.97. The van der Waals surface area contributed by atoms with Crippen LogP contribution in [0.15, 0.2) is 0 Å². The van der Waals surface area contributed by atoms with Crippen LogP contribution < -0.4 is 5.32 Å². The molecule has 0 aromatic carbocycles. The molecule has 5 nitrogen and oxygen atoms in total. The van der Waals surface area contributed by atoms with Crippen LogP contribution in [-0.4, -0.2) is 38.7 Å². The number of carbonyl (C=O) groups is 2. The second-order valence-electron chi connectivity index (χ2n) is 2.44. The van der Waals surface area contributed by atoms with Gasteiger partial charge in [-0.25, -0.2) is 0 Å². The normalized spacial score (nSPS) is 11.2. The Labute approximate surface area is 82.8 Å². The van der Waals surface area contributed by atoms with E-state index in [0.717, 1.165) is 0 Å². The van der Waals surface area contributed by atoms with Crippen LogP contribution in [0.5, 0.6) is 0 Å². The minimum atomic E-state index is -0.747. The molecule has 5 heteroatoms. The third-order valence-electron chi connectivity index (χ3n) is 1.53. The lowest BCUT2D eigenvalue weighted by Gasteiger charge is -2.13. The zero-order valence-corrected chi connectivity index (χ0v) is 8.20. The van der Waals surface area contributed by atoms with Gasteiger partial charge in [0.25, 0.3) is 0 Å². The van der Waals surface area contributed by atoms with Gasteiger partial charge < -0.3 is 9.47 Å². The molecule has 0 heterocycles.